The lowest BCUT2D eigenvalue weighted by Crippen LogP contribution is -2.71. The SMILES string of the molecule is C[C@@H]1CO[C@H](C(=O)OC2c3ccccc3-c3ccccc32)C2=C1O[Si](c1ccccc1)(c1ccccc1)c1ccccc12. The molecule has 0 N–H and O–H groups in total. The summed E-state index contributed by atoms with van der Waals surface area (Å²) >= 11 is 0. The van der Waals surface area contributed by atoms with E-state index in [2.05, 4.69) is 85.8 Å². The molecule has 0 saturated carbocycles. The first-order chi connectivity index (χ1) is 21.2. The van der Waals surface area contributed by atoms with Crippen molar-refractivity contribution in [2.24, 2.45) is 5.92 Å². The van der Waals surface area contributed by atoms with E-state index in [1.165, 1.54) is 0 Å². The average Bonchev–Trinajstić information content (AvgIpc) is 3.38. The summed E-state index contributed by atoms with van der Waals surface area (Å²) < 4.78 is 20.1. The molecule has 2 atom stereocenters. The van der Waals surface area contributed by atoms with Gasteiger partial charge >= 0.3 is 14.3 Å². The Morgan fingerprint density at radius 1 is 0.674 bits per heavy atom. The second kappa shape index (κ2) is 10.2. The molecule has 0 bridgehead atoms. The van der Waals surface area contributed by atoms with Crippen LogP contribution >= 0.6 is 0 Å². The van der Waals surface area contributed by atoms with Crippen LogP contribution in [0.15, 0.2) is 139 Å². The highest BCUT2D eigenvalue weighted by Crippen LogP contribution is 2.46. The van der Waals surface area contributed by atoms with Crippen molar-refractivity contribution in [3.05, 3.63) is 156 Å². The van der Waals surface area contributed by atoms with Crippen LogP contribution in [-0.4, -0.2) is 27.0 Å². The zero-order valence-corrected chi connectivity index (χ0v) is 24.8. The summed E-state index contributed by atoms with van der Waals surface area (Å²) in [7, 11) is -2.97. The molecule has 5 heteroatoms. The van der Waals surface area contributed by atoms with Gasteiger partial charge in [0.1, 0.15) is 0 Å². The van der Waals surface area contributed by atoms with E-state index in [0.29, 0.717) is 6.61 Å². The standard InChI is InChI=1S/C38H30O4Si/c1-25-24-40-37(38(39)41-36-30-20-10-8-18-28(30)29-19-9-11-21-31(29)36)34-32-22-12-13-23-33(32)43(42-35(25)34,26-14-4-2-5-15-26)27-16-6-3-7-17-27/h2-23,25,36-37H,24H2,1H3/t25-,37+/m1/s1. The van der Waals surface area contributed by atoms with Gasteiger partial charge in [-0.2, -0.15) is 0 Å². The zero-order valence-electron chi connectivity index (χ0n) is 23.8. The smallest absolute Gasteiger partial charge is 0.347 e. The molecule has 0 aromatic heterocycles. The molecule has 2 aliphatic heterocycles. The average molecular weight is 579 g/mol. The van der Waals surface area contributed by atoms with E-state index in [0.717, 1.165) is 54.7 Å². The van der Waals surface area contributed by atoms with Crippen LogP contribution in [0.2, 0.25) is 0 Å². The van der Waals surface area contributed by atoms with Gasteiger partial charge in [-0.05, 0) is 32.3 Å². The Bertz CT molecular complexity index is 1800. The van der Waals surface area contributed by atoms with Gasteiger partial charge in [0.25, 0.3) is 0 Å². The lowest BCUT2D eigenvalue weighted by molar-refractivity contribution is -0.158. The predicted molar refractivity (Wildman–Crippen MR) is 171 cm³/mol. The highest BCUT2D eigenvalue weighted by atomic mass is 28.4. The second-order valence-electron chi connectivity index (χ2n) is 11.4. The summed E-state index contributed by atoms with van der Waals surface area (Å²) in [6.07, 6.45) is -1.39. The molecule has 1 aliphatic carbocycles. The maximum absolute atomic E-state index is 14.2. The molecular formula is C38H30O4Si. The third kappa shape index (κ3) is 3.96. The third-order valence-electron chi connectivity index (χ3n) is 8.93. The molecule has 0 radical (unpaired) electrons. The quantitative estimate of drug-likeness (QED) is 0.202. The van der Waals surface area contributed by atoms with E-state index in [4.69, 9.17) is 13.9 Å². The van der Waals surface area contributed by atoms with Crippen LogP contribution in [-0.2, 0) is 18.7 Å². The minimum atomic E-state index is -2.97. The number of esters is 1. The maximum atomic E-state index is 14.2. The molecule has 3 aliphatic rings. The number of rotatable bonds is 4. The third-order valence-corrected chi connectivity index (χ3v) is 12.9. The van der Waals surface area contributed by atoms with Crippen molar-refractivity contribution in [1.82, 2.24) is 0 Å². The second-order valence-corrected chi connectivity index (χ2v) is 14.7. The maximum Gasteiger partial charge on any atom is 0.347 e. The van der Waals surface area contributed by atoms with Crippen molar-refractivity contribution < 1.29 is 18.7 Å². The Balaban J connectivity index is 1.26. The summed E-state index contributed by atoms with van der Waals surface area (Å²) in [5, 5.41) is 3.44. The topological polar surface area (TPSA) is 44.8 Å². The van der Waals surface area contributed by atoms with Crippen molar-refractivity contribution >= 4 is 35.4 Å². The van der Waals surface area contributed by atoms with Gasteiger partial charge in [0.05, 0.1) is 12.4 Å². The summed E-state index contributed by atoms with van der Waals surface area (Å²) in [5.41, 5.74) is 5.98. The van der Waals surface area contributed by atoms with Gasteiger partial charge in [0.2, 0.25) is 0 Å². The first-order valence-corrected chi connectivity index (χ1v) is 16.7. The number of hydrogen-bond acceptors (Lipinski definition) is 4. The fraction of sp³-hybridized carbons (Fsp3) is 0.132. The van der Waals surface area contributed by atoms with Crippen LogP contribution in [0.3, 0.4) is 0 Å². The monoisotopic (exact) mass is 578 g/mol. The molecular weight excluding hydrogens is 549 g/mol. The largest absolute Gasteiger partial charge is 0.533 e. The van der Waals surface area contributed by atoms with Crippen LogP contribution < -0.4 is 15.6 Å². The fourth-order valence-corrected chi connectivity index (χ4v) is 11.2. The van der Waals surface area contributed by atoms with E-state index in [9.17, 15) is 4.79 Å². The number of ether oxygens (including phenoxy) is 2. The predicted octanol–water partition coefficient (Wildman–Crippen LogP) is 5.74. The molecule has 2 heterocycles. The van der Waals surface area contributed by atoms with E-state index in [-0.39, 0.29) is 5.92 Å². The van der Waals surface area contributed by atoms with Crippen LogP contribution in [0.1, 0.15) is 29.7 Å². The molecule has 5 aromatic carbocycles. The van der Waals surface area contributed by atoms with Gasteiger partial charge in [0.15, 0.2) is 12.2 Å². The van der Waals surface area contributed by atoms with Crippen molar-refractivity contribution in [3.8, 4) is 11.1 Å². The Kier molecular flexibility index (Phi) is 6.17. The van der Waals surface area contributed by atoms with Gasteiger partial charge in [-0.25, -0.2) is 4.79 Å². The highest BCUT2D eigenvalue weighted by molar-refractivity contribution is 7.07. The van der Waals surface area contributed by atoms with Gasteiger partial charge in [-0.15, -0.1) is 0 Å². The molecule has 8 rings (SSSR count). The highest BCUT2D eigenvalue weighted by Gasteiger charge is 2.53. The van der Waals surface area contributed by atoms with Crippen LogP contribution in [0, 0.1) is 5.92 Å². The van der Waals surface area contributed by atoms with Gasteiger partial charge in [0, 0.05) is 22.6 Å². The lowest BCUT2D eigenvalue weighted by Gasteiger charge is -2.44. The van der Waals surface area contributed by atoms with Gasteiger partial charge in [-0.1, -0.05) is 140 Å². The normalized spacial score (nSPS) is 19.8. The minimum Gasteiger partial charge on any atom is -0.533 e. The number of hydrogen-bond donors (Lipinski definition) is 0. The molecule has 0 saturated heterocycles. The molecule has 0 amide bonds. The first-order valence-electron chi connectivity index (χ1n) is 14.8. The van der Waals surface area contributed by atoms with E-state index < -0.39 is 26.5 Å². The number of carbonyl (C=O) groups excluding carboxylic acids is 1. The summed E-state index contributed by atoms with van der Waals surface area (Å²) in [6, 6.07) is 45.7. The summed E-state index contributed by atoms with van der Waals surface area (Å²) in [5.74, 6) is 0.404. The number of fused-ring (bicyclic) bond motifs is 5. The molecule has 43 heavy (non-hydrogen) atoms. The fourth-order valence-electron chi connectivity index (χ4n) is 7.01. The Morgan fingerprint density at radius 2 is 1.19 bits per heavy atom. The van der Waals surface area contributed by atoms with Crippen molar-refractivity contribution in [2.45, 2.75) is 19.1 Å². The summed E-state index contributed by atoms with van der Waals surface area (Å²) in [4.78, 5) is 14.2. The summed E-state index contributed by atoms with van der Waals surface area (Å²) in [6.45, 7) is 2.48. The van der Waals surface area contributed by atoms with Crippen molar-refractivity contribution in [2.75, 3.05) is 6.61 Å². The van der Waals surface area contributed by atoms with Crippen molar-refractivity contribution in [1.29, 1.82) is 0 Å². The molecule has 4 nitrogen and oxygen atoms in total. The van der Waals surface area contributed by atoms with Crippen LogP contribution in [0.25, 0.3) is 16.7 Å². The van der Waals surface area contributed by atoms with E-state index in [1.54, 1.807) is 0 Å². The number of benzene rings is 5. The van der Waals surface area contributed by atoms with E-state index >= 15 is 0 Å². The Morgan fingerprint density at radius 3 is 1.79 bits per heavy atom. The number of carbonyl (C=O) groups is 1. The molecule has 0 fully saturated rings. The lowest BCUT2D eigenvalue weighted by atomic mass is 9.91. The minimum absolute atomic E-state index is 0.0281. The first kappa shape index (κ1) is 26.0. The zero-order chi connectivity index (χ0) is 29.0. The molecule has 0 spiro atoms. The Hall–Kier alpha value is -4.71. The molecule has 0 unspecified atom stereocenters. The Labute approximate surface area is 252 Å². The van der Waals surface area contributed by atoms with Gasteiger partial charge in [-0.3, -0.25) is 0 Å². The van der Waals surface area contributed by atoms with Crippen LogP contribution in [0.5, 0.6) is 0 Å². The van der Waals surface area contributed by atoms with Gasteiger partial charge < -0.3 is 13.9 Å². The molecule has 5 aromatic rings. The van der Waals surface area contributed by atoms with E-state index in [1.807, 2.05) is 54.6 Å². The molecule has 210 valence electrons. The van der Waals surface area contributed by atoms with Crippen molar-refractivity contribution in [3.63, 3.8) is 0 Å². The van der Waals surface area contributed by atoms with Crippen LogP contribution in [0.4, 0.5) is 0 Å².